The van der Waals surface area contributed by atoms with E-state index < -0.39 is 5.91 Å². The number of anilines is 1. The van der Waals surface area contributed by atoms with Crippen molar-refractivity contribution >= 4 is 39.6 Å². The van der Waals surface area contributed by atoms with Gasteiger partial charge in [-0.05, 0) is 54.1 Å². The first kappa shape index (κ1) is 20.4. The van der Waals surface area contributed by atoms with Gasteiger partial charge in [-0.25, -0.2) is 9.82 Å². The van der Waals surface area contributed by atoms with Gasteiger partial charge < -0.3 is 0 Å². The Hall–Kier alpha value is -3.32. The first-order valence-electron chi connectivity index (χ1n) is 8.73. The molecule has 146 valence electrons. The summed E-state index contributed by atoms with van der Waals surface area (Å²) in [5.74, 6) is -1.11. The molecule has 0 fully saturated rings. The third-order valence-electron chi connectivity index (χ3n) is 3.98. The van der Waals surface area contributed by atoms with E-state index in [1.54, 1.807) is 48.5 Å². The summed E-state index contributed by atoms with van der Waals surface area (Å²) in [6.45, 7) is -0.212. The maximum absolute atomic E-state index is 13.0. The number of rotatable bonds is 6. The van der Waals surface area contributed by atoms with Crippen molar-refractivity contribution in [1.29, 1.82) is 0 Å². The lowest BCUT2D eigenvalue weighted by molar-refractivity contribution is -0.119. The number of hydrazone groups is 1. The molecule has 0 saturated heterocycles. The minimum absolute atomic E-state index is 0.212. The topological polar surface area (TPSA) is 61.8 Å². The molecule has 7 heteroatoms. The van der Waals surface area contributed by atoms with Crippen LogP contribution < -0.4 is 10.3 Å². The van der Waals surface area contributed by atoms with Crippen molar-refractivity contribution in [2.24, 2.45) is 5.10 Å². The molecule has 3 rings (SSSR count). The molecule has 0 spiro atoms. The number of carbonyl (C=O) groups excluding carboxylic acids is 2. The van der Waals surface area contributed by atoms with E-state index >= 15 is 0 Å². The van der Waals surface area contributed by atoms with Crippen LogP contribution in [-0.4, -0.2) is 24.6 Å². The number of nitrogens with one attached hydrogen (secondary N) is 1. The molecule has 5 nitrogen and oxygen atoms in total. The van der Waals surface area contributed by atoms with Gasteiger partial charge in [0.1, 0.15) is 12.4 Å². The highest BCUT2D eigenvalue weighted by Gasteiger charge is 2.20. The van der Waals surface area contributed by atoms with Gasteiger partial charge in [0.15, 0.2) is 0 Å². The van der Waals surface area contributed by atoms with Crippen molar-refractivity contribution in [3.05, 3.63) is 100 Å². The molecule has 0 bridgehead atoms. The molecule has 3 aromatic carbocycles. The third kappa shape index (κ3) is 5.83. The molecule has 0 aliphatic heterocycles. The molecule has 0 aliphatic carbocycles. The van der Waals surface area contributed by atoms with Crippen LogP contribution >= 0.6 is 15.9 Å². The molecule has 3 aromatic rings. The maximum Gasteiger partial charge on any atom is 0.260 e. The van der Waals surface area contributed by atoms with Gasteiger partial charge in [-0.2, -0.15) is 5.10 Å². The minimum atomic E-state index is -0.462. The summed E-state index contributed by atoms with van der Waals surface area (Å²) in [4.78, 5) is 26.7. The Labute approximate surface area is 176 Å². The van der Waals surface area contributed by atoms with Crippen molar-refractivity contribution in [2.45, 2.75) is 0 Å². The quantitative estimate of drug-likeness (QED) is 0.444. The molecule has 0 atom stereocenters. The van der Waals surface area contributed by atoms with E-state index in [4.69, 9.17) is 0 Å². The van der Waals surface area contributed by atoms with Crippen LogP contribution in [0.25, 0.3) is 0 Å². The highest BCUT2D eigenvalue weighted by Crippen LogP contribution is 2.20. The fourth-order valence-electron chi connectivity index (χ4n) is 2.54. The van der Waals surface area contributed by atoms with Gasteiger partial charge in [0.05, 0.1) is 6.21 Å². The highest BCUT2D eigenvalue weighted by molar-refractivity contribution is 9.10. The van der Waals surface area contributed by atoms with Gasteiger partial charge in [0.25, 0.3) is 11.8 Å². The van der Waals surface area contributed by atoms with Gasteiger partial charge in [-0.15, -0.1) is 0 Å². The van der Waals surface area contributed by atoms with Gasteiger partial charge in [0.2, 0.25) is 0 Å². The normalized spacial score (nSPS) is 10.7. The van der Waals surface area contributed by atoms with Gasteiger partial charge in [-0.3, -0.25) is 14.5 Å². The molecule has 2 amide bonds. The Balaban J connectivity index is 1.73. The lowest BCUT2D eigenvalue weighted by Gasteiger charge is -2.22. The Morgan fingerprint density at radius 3 is 2.28 bits per heavy atom. The van der Waals surface area contributed by atoms with Crippen LogP contribution in [-0.2, 0) is 4.79 Å². The fraction of sp³-hybridized carbons (Fsp3) is 0.0455. The minimum Gasteiger partial charge on any atom is -0.299 e. The van der Waals surface area contributed by atoms with Gasteiger partial charge in [-0.1, -0.05) is 46.3 Å². The second kappa shape index (κ2) is 9.75. The summed E-state index contributed by atoms with van der Waals surface area (Å²) < 4.78 is 13.8. The first-order chi connectivity index (χ1) is 14.0. The molecule has 0 aromatic heterocycles. The van der Waals surface area contributed by atoms with Crippen LogP contribution in [0.1, 0.15) is 15.9 Å². The van der Waals surface area contributed by atoms with E-state index in [9.17, 15) is 14.0 Å². The Bertz CT molecular complexity index is 1010. The lowest BCUT2D eigenvalue weighted by atomic mass is 10.2. The third-order valence-corrected chi connectivity index (χ3v) is 4.51. The first-order valence-corrected chi connectivity index (χ1v) is 9.52. The molecule has 0 saturated carbocycles. The summed E-state index contributed by atoms with van der Waals surface area (Å²) in [5.41, 5.74) is 4.09. The predicted molar refractivity (Wildman–Crippen MR) is 114 cm³/mol. The largest absolute Gasteiger partial charge is 0.299 e. The van der Waals surface area contributed by atoms with Crippen molar-refractivity contribution < 1.29 is 14.0 Å². The highest BCUT2D eigenvalue weighted by atomic mass is 79.9. The molecule has 29 heavy (non-hydrogen) atoms. The number of amides is 2. The summed E-state index contributed by atoms with van der Waals surface area (Å²) >= 11 is 3.36. The predicted octanol–water partition coefficient (Wildman–Crippen LogP) is 4.39. The van der Waals surface area contributed by atoms with Crippen LogP contribution in [0.15, 0.2) is 88.4 Å². The zero-order valence-electron chi connectivity index (χ0n) is 15.3. The zero-order chi connectivity index (χ0) is 20.6. The SMILES string of the molecule is O=C(CN(C(=O)c1ccccc1)c1ccc(Br)cc1)N/N=C\c1ccc(F)cc1. The number of carbonyl (C=O) groups is 2. The molecule has 0 aliphatic rings. The number of hydrogen-bond acceptors (Lipinski definition) is 3. The molecular weight excluding hydrogens is 437 g/mol. The monoisotopic (exact) mass is 453 g/mol. The summed E-state index contributed by atoms with van der Waals surface area (Å²) in [7, 11) is 0. The van der Waals surface area contributed by atoms with Crippen LogP contribution in [0.4, 0.5) is 10.1 Å². The van der Waals surface area contributed by atoms with E-state index in [-0.39, 0.29) is 18.3 Å². The summed E-state index contributed by atoms with van der Waals surface area (Å²) in [6, 6.07) is 21.5. The van der Waals surface area contributed by atoms with Gasteiger partial charge in [0, 0.05) is 15.7 Å². The maximum atomic E-state index is 13.0. The fourth-order valence-corrected chi connectivity index (χ4v) is 2.81. The van der Waals surface area contributed by atoms with Crippen molar-refractivity contribution in [2.75, 3.05) is 11.4 Å². The number of halogens is 2. The molecule has 0 heterocycles. The van der Waals surface area contributed by atoms with Crippen LogP contribution in [0.3, 0.4) is 0 Å². The van der Waals surface area contributed by atoms with E-state index in [0.29, 0.717) is 16.8 Å². The molecule has 1 N–H and O–H groups in total. The average Bonchev–Trinajstić information content (AvgIpc) is 2.74. The lowest BCUT2D eigenvalue weighted by Crippen LogP contribution is -2.39. The Kier molecular flexibility index (Phi) is 6.86. The second-order valence-corrected chi connectivity index (χ2v) is 6.99. The zero-order valence-corrected chi connectivity index (χ0v) is 16.8. The summed E-state index contributed by atoms with van der Waals surface area (Å²) in [5, 5.41) is 3.87. The van der Waals surface area contributed by atoms with Gasteiger partial charge >= 0.3 is 0 Å². The number of nitrogens with zero attached hydrogens (tertiary/aromatic N) is 2. The van der Waals surface area contributed by atoms with E-state index in [2.05, 4.69) is 26.5 Å². The molecule has 0 radical (unpaired) electrons. The standard InChI is InChI=1S/C22H17BrFN3O2/c23-18-8-12-20(13-9-18)27(22(29)17-4-2-1-3-5-17)15-21(28)26-25-14-16-6-10-19(24)11-7-16/h1-14H,15H2,(H,26,28)/b25-14-. The van der Waals surface area contributed by atoms with E-state index in [1.165, 1.54) is 35.4 Å². The van der Waals surface area contributed by atoms with Crippen LogP contribution in [0, 0.1) is 5.82 Å². The van der Waals surface area contributed by atoms with Crippen LogP contribution in [0.2, 0.25) is 0 Å². The van der Waals surface area contributed by atoms with E-state index in [0.717, 1.165) is 4.47 Å². The van der Waals surface area contributed by atoms with Crippen molar-refractivity contribution in [3.63, 3.8) is 0 Å². The average molecular weight is 454 g/mol. The number of benzene rings is 3. The number of hydrogen-bond donors (Lipinski definition) is 1. The van der Waals surface area contributed by atoms with Crippen molar-refractivity contribution in [1.82, 2.24) is 5.43 Å². The van der Waals surface area contributed by atoms with Crippen molar-refractivity contribution in [3.8, 4) is 0 Å². The second-order valence-electron chi connectivity index (χ2n) is 6.08. The molecule has 0 unspecified atom stereocenters. The van der Waals surface area contributed by atoms with E-state index in [1.807, 2.05) is 6.07 Å². The summed E-state index contributed by atoms with van der Waals surface area (Å²) in [6.07, 6.45) is 1.40. The Morgan fingerprint density at radius 1 is 0.966 bits per heavy atom. The Morgan fingerprint density at radius 2 is 1.62 bits per heavy atom. The molecular formula is C22H17BrFN3O2. The van der Waals surface area contributed by atoms with Crippen LogP contribution in [0.5, 0.6) is 0 Å². The smallest absolute Gasteiger partial charge is 0.260 e.